The van der Waals surface area contributed by atoms with E-state index in [0.29, 0.717) is 18.9 Å². The van der Waals surface area contributed by atoms with Crippen molar-refractivity contribution < 1.29 is 28.2 Å². The minimum Gasteiger partial charge on any atom is -0.392 e. The first kappa shape index (κ1) is 34.7. The Morgan fingerprint density at radius 2 is 1.69 bits per heavy atom. The van der Waals surface area contributed by atoms with Crippen LogP contribution < -0.4 is 0 Å². The maximum absolute atomic E-state index is 12.7. The molecule has 1 aromatic carbocycles. The molecule has 0 saturated carbocycles. The first-order valence-electron chi connectivity index (χ1n) is 15.5. The molecule has 0 N–H and O–H groups in total. The quantitative estimate of drug-likeness (QED) is 0.105. The van der Waals surface area contributed by atoms with Gasteiger partial charge >= 0.3 is 0 Å². The number of rotatable bonds is 12. The van der Waals surface area contributed by atoms with Gasteiger partial charge in [0.2, 0.25) is 0 Å². The summed E-state index contributed by atoms with van der Waals surface area (Å²) in [5, 5.41) is 4.14. The summed E-state index contributed by atoms with van der Waals surface area (Å²) in [4.78, 5) is 15.8. The van der Waals surface area contributed by atoms with Crippen LogP contribution in [0.1, 0.15) is 74.3 Å². The standard InChI is InChI=1S/C32H53N3O6Si/c1-12-25-29(20(4)26(34-35-33)31(38-25)41-42(10,11)32(8,9)19(2)3)40-30-22(6)27(21(5)28(39-30)23(7)36)37-18-24-16-14-13-15-17-24/h13-17,19-22,25-31H,12,18H2,1-11H3/t20-,21+,22+,25?,26?,27?,28?,29+,30+,31+/m1/s1. The average molecular weight is 604 g/mol. The van der Waals surface area contributed by atoms with E-state index < -0.39 is 39.1 Å². The molecule has 10 heteroatoms. The first-order chi connectivity index (χ1) is 19.7. The summed E-state index contributed by atoms with van der Waals surface area (Å²) in [6, 6.07) is 9.42. The molecule has 2 fully saturated rings. The summed E-state index contributed by atoms with van der Waals surface area (Å²) in [5.74, 6) is -0.167. The predicted octanol–water partition coefficient (Wildman–Crippen LogP) is 7.65. The zero-order chi connectivity index (χ0) is 31.4. The zero-order valence-corrected chi connectivity index (χ0v) is 28.4. The van der Waals surface area contributed by atoms with E-state index in [0.717, 1.165) is 5.56 Å². The normalized spacial score (nSPS) is 34.2. The molecule has 0 bridgehead atoms. The first-order valence-corrected chi connectivity index (χ1v) is 18.4. The van der Waals surface area contributed by atoms with Gasteiger partial charge in [0, 0.05) is 16.7 Å². The van der Waals surface area contributed by atoms with Crippen molar-refractivity contribution in [2.24, 2.45) is 28.8 Å². The topological polar surface area (TPSA) is 112 Å². The number of hydrogen-bond acceptors (Lipinski definition) is 7. The van der Waals surface area contributed by atoms with Crippen LogP contribution in [0.5, 0.6) is 0 Å². The second-order valence-corrected chi connectivity index (χ2v) is 18.2. The summed E-state index contributed by atoms with van der Waals surface area (Å²) in [6.07, 6.45) is -2.34. The summed E-state index contributed by atoms with van der Waals surface area (Å²) in [6.45, 7) is 23.4. The van der Waals surface area contributed by atoms with Crippen LogP contribution in [0.25, 0.3) is 10.4 Å². The minimum absolute atomic E-state index is 0.0336. The molecule has 2 aliphatic heterocycles. The molecule has 3 rings (SSSR count). The van der Waals surface area contributed by atoms with Crippen molar-refractivity contribution in [3.05, 3.63) is 46.3 Å². The lowest BCUT2D eigenvalue weighted by atomic mass is 9.83. The molecule has 0 amide bonds. The highest BCUT2D eigenvalue weighted by Crippen LogP contribution is 2.47. The number of ether oxygens (including phenoxy) is 4. The predicted molar refractivity (Wildman–Crippen MR) is 166 cm³/mol. The van der Waals surface area contributed by atoms with Crippen molar-refractivity contribution in [1.82, 2.24) is 0 Å². The van der Waals surface area contributed by atoms with Gasteiger partial charge in [-0.05, 0) is 54.4 Å². The largest absolute Gasteiger partial charge is 0.392 e. The Balaban J connectivity index is 1.85. The molecule has 2 heterocycles. The van der Waals surface area contributed by atoms with Crippen LogP contribution in [-0.4, -0.2) is 57.1 Å². The van der Waals surface area contributed by atoms with Crippen LogP contribution in [-0.2, 0) is 34.8 Å². The third kappa shape index (κ3) is 7.46. The molecule has 42 heavy (non-hydrogen) atoms. The average Bonchev–Trinajstić information content (AvgIpc) is 2.93. The fraction of sp³-hybridized carbons (Fsp3) is 0.781. The Labute approximate surface area is 253 Å². The SMILES string of the molecule is CCC1O[C@@H](O[Si](C)(C)C(C)(C)C(C)C)C(N=[N+]=[N-])[C@@H](C)[C@@H]1O[C@@H]1OC(C(C)=O)[C@@H](C)C(OCc2ccccc2)[C@@H]1C. The lowest BCUT2D eigenvalue weighted by Gasteiger charge is -2.51. The molecular weight excluding hydrogens is 550 g/mol. The molecule has 1 aromatic rings. The van der Waals surface area contributed by atoms with E-state index in [-0.39, 0.29) is 40.8 Å². The maximum atomic E-state index is 12.7. The van der Waals surface area contributed by atoms with Crippen molar-refractivity contribution in [3.8, 4) is 0 Å². The van der Waals surface area contributed by atoms with Gasteiger partial charge < -0.3 is 23.4 Å². The highest BCUT2D eigenvalue weighted by molar-refractivity contribution is 6.74. The molecule has 9 nitrogen and oxygen atoms in total. The van der Waals surface area contributed by atoms with Gasteiger partial charge in [0.15, 0.2) is 26.7 Å². The summed E-state index contributed by atoms with van der Waals surface area (Å²) in [5.41, 5.74) is 10.6. The number of ketones is 1. The molecule has 0 aromatic heterocycles. The van der Waals surface area contributed by atoms with Gasteiger partial charge in [-0.2, -0.15) is 0 Å². The second-order valence-electron chi connectivity index (χ2n) is 13.6. The van der Waals surface area contributed by atoms with Crippen LogP contribution in [0.4, 0.5) is 0 Å². The third-order valence-electron chi connectivity index (χ3n) is 10.2. The maximum Gasteiger partial charge on any atom is 0.196 e. The smallest absolute Gasteiger partial charge is 0.196 e. The Hall–Kier alpha value is -1.78. The second kappa shape index (κ2) is 14.3. The molecule has 2 saturated heterocycles. The van der Waals surface area contributed by atoms with Crippen LogP contribution >= 0.6 is 0 Å². The van der Waals surface area contributed by atoms with E-state index in [4.69, 9.17) is 23.4 Å². The van der Waals surface area contributed by atoms with Crippen molar-refractivity contribution in [2.75, 3.05) is 0 Å². The van der Waals surface area contributed by atoms with Crippen LogP contribution in [0.3, 0.4) is 0 Å². The number of carbonyl (C=O) groups excluding carboxylic acids is 1. The van der Waals surface area contributed by atoms with E-state index in [9.17, 15) is 10.3 Å². The van der Waals surface area contributed by atoms with Gasteiger partial charge in [-0.1, -0.05) is 90.8 Å². The highest BCUT2D eigenvalue weighted by Gasteiger charge is 2.52. The Kier molecular flexibility index (Phi) is 11.8. The van der Waals surface area contributed by atoms with Gasteiger partial charge in [-0.15, -0.1) is 0 Å². The molecule has 0 aliphatic carbocycles. The van der Waals surface area contributed by atoms with Crippen LogP contribution in [0.15, 0.2) is 35.4 Å². The molecular formula is C32H53N3O6Si. The number of nitrogens with zero attached hydrogens (tertiary/aromatic N) is 3. The molecule has 2 aliphatic rings. The molecule has 4 unspecified atom stereocenters. The van der Waals surface area contributed by atoms with E-state index in [1.54, 1.807) is 6.92 Å². The molecule has 0 spiro atoms. The lowest BCUT2D eigenvalue weighted by Crippen LogP contribution is -2.60. The van der Waals surface area contributed by atoms with Crippen LogP contribution in [0, 0.1) is 23.7 Å². The van der Waals surface area contributed by atoms with E-state index in [1.807, 2.05) is 51.1 Å². The number of azide groups is 1. The lowest BCUT2D eigenvalue weighted by molar-refractivity contribution is -0.314. The summed E-state index contributed by atoms with van der Waals surface area (Å²) >= 11 is 0. The van der Waals surface area contributed by atoms with Gasteiger partial charge in [0.25, 0.3) is 0 Å². The minimum atomic E-state index is -2.30. The Bertz CT molecular complexity index is 1080. The monoisotopic (exact) mass is 603 g/mol. The Morgan fingerprint density at radius 1 is 1.05 bits per heavy atom. The van der Waals surface area contributed by atoms with Crippen molar-refractivity contribution in [3.63, 3.8) is 0 Å². The van der Waals surface area contributed by atoms with E-state index in [1.165, 1.54) is 0 Å². The van der Waals surface area contributed by atoms with Crippen molar-refractivity contribution in [1.29, 1.82) is 0 Å². The summed E-state index contributed by atoms with van der Waals surface area (Å²) < 4.78 is 32.8. The van der Waals surface area contributed by atoms with Gasteiger partial charge in [-0.25, -0.2) is 0 Å². The highest BCUT2D eigenvalue weighted by atomic mass is 28.4. The van der Waals surface area contributed by atoms with Gasteiger partial charge in [0.05, 0.1) is 31.0 Å². The van der Waals surface area contributed by atoms with Gasteiger partial charge in [-0.3, -0.25) is 4.79 Å². The molecule has 236 valence electrons. The number of Topliss-reactive ketones (excluding diaryl/α,β-unsaturated/α-hetero) is 1. The molecule has 10 atom stereocenters. The Morgan fingerprint density at radius 3 is 2.24 bits per heavy atom. The third-order valence-corrected chi connectivity index (χ3v) is 14.7. The number of carbonyl (C=O) groups is 1. The van der Waals surface area contributed by atoms with Crippen molar-refractivity contribution in [2.45, 2.75) is 137 Å². The fourth-order valence-electron chi connectivity index (χ4n) is 6.15. The molecule has 0 radical (unpaired) electrons. The van der Waals surface area contributed by atoms with Gasteiger partial charge in [0.1, 0.15) is 6.10 Å². The van der Waals surface area contributed by atoms with E-state index >= 15 is 0 Å². The fourth-order valence-corrected chi connectivity index (χ4v) is 8.62. The van der Waals surface area contributed by atoms with Crippen molar-refractivity contribution >= 4 is 14.1 Å². The number of benzene rings is 1. The van der Waals surface area contributed by atoms with Crippen LogP contribution in [0.2, 0.25) is 18.1 Å². The number of hydrogen-bond donors (Lipinski definition) is 0. The zero-order valence-electron chi connectivity index (χ0n) is 27.4. The van der Waals surface area contributed by atoms with E-state index in [2.05, 4.69) is 57.7 Å². The summed E-state index contributed by atoms with van der Waals surface area (Å²) in [7, 11) is -2.30.